The smallest absolute Gasteiger partial charge is 0.148 e. The molecule has 2 unspecified atom stereocenters. The van der Waals surface area contributed by atoms with Gasteiger partial charge in [-0.15, -0.1) is 0 Å². The highest BCUT2D eigenvalue weighted by atomic mass is 19.1. The van der Waals surface area contributed by atoms with Crippen molar-refractivity contribution >= 4 is 0 Å². The van der Waals surface area contributed by atoms with Crippen LogP contribution in [0.4, 0.5) is 4.39 Å². The van der Waals surface area contributed by atoms with Crippen LogP contribution in [-0.2, 0) is 11.8 Å². The van der Waals surface area contributed by atoms with Crippen LogP contribution in [-0.4, -0.2) is 9.78 Å². The van der Waals surface area contributed by atoms with Crippen molar-refractivity contribution in [2.24, 2.45) is 51.8 Å². The highest BCUT2D eigenvalue weighted by molar-refractivity contribution is 5.43. The number of nitrogens with zero attached hydrogens (tertiary/aromatic N) is 2. The number of allylic oxidation sites excluding steroid dienone is 2. The third-order valence-electron chi connectivity index (χ3n) is 14.1. The molecule has 3 heteroatoms. The van der Waals surface area contributed by atoms with Gasteiger partial charge in [0.25, 0.3) is 0 Å². The standard InChI is InChI=1S/C36H49FN2/c1-22-12-13-24-16-18-35(6)26(31(24)23(22)2)14-15-30-34(5)20-25-21-38-39(28-11-9-8-10-27(28)37)32(25)33(3,4)29(34)17-19-36(30,35)7/h8-11,14,21-24,29-31H,12-13,15-20H2,1-7H3/t22-,23+,24+,29?,30-,31?,34+,35-,36-/m1/s1. The lowest BCUT2D eigenvalue weighted by Crippen LogP contribution is -2.63. The lowest BCUT2D eigenvalue weighted by molar-refractivity contribution is -0.153. The predicted molar refractivity (Wildman–Crippen MR) is 157 cm³/mol. The van der Waals surface area contributed by atoms with Crippen LogP contribution >= 0.6 is 0 Å². The number of aromatic nitrogens is 2. The Bertz CT molecular complexity index is 1330. The van der Waals surface area contributed by atoms with E-state index in [4.69, 9.17) is 5.10 Å². The van der Waals surface area contributed by atoms with E-state index < -0.39 is 0 Å². The molecule has 2 nitrogen and oxygen atoms in total. The van der Waals surface area contributed by atoms with Crippen LogP contribution in [0.1, 0.15) is 105 Å². The van der Waals surface area contributed by atoms with Crippen molar-refractivity contribution in [3.05, 3.63) is 59.2 Å². The van der Waals surface area contributed by atoms with Crippen LogP contribution in [0, 0.1) is 57.6 Å². The quantitative estimate of drug-likeness (QED) is 0.337. The van der Waals surface area contributed by atoms with Gasteiger partial charge in [0.05, 0.1) is 11.9 Å². The van der Waals surface area contributed by atoms with E-state index in [2.05, 4.69) is 60.7 Å². The van der Waals surface area contributed by atoms with Gasteiger partial charge in [-0.3, -0.25) is 0 Å². The Labute approximate surface area is 235 Å². The van der Waals surface area contributed by atoms with Gasteiger partial charge in [0, 0.05) is 5.41 Å². The average Bonchev–Trinajstić information content (AvgIpc) is 3.30. The zero-order chi connectivity index (χ0) is 27.5. The average molecular weight is 529 g/mol. The molecule has 0 radical (unpaired) electrons. The van der Waals surface area contributed by atoms with Crippen molar-refractivity contribution in [1.29, 1.82) is 0 Å². The minimum Gasteiger partial charge on any atom is -0.234 e. The number of rotatable bonds is 1. The first kappa shape index (κ1) is 26.0. The first-order valence-corrected chi connectivity index (χ1v) is 16.0. The number of fused-ring (bicyclic) bond motifs is 8. The Morgan fingerprint density at radius 2 is 1.69 bits per heavy atom. The first-order valence-electron chi connectivity index (χ1n) is 16.0. The summed E-state index contributed by atoms with van der Waals surface area (Å²) in [6, 6.07) is 7.13. The van der Waals surface area contributed by atoms with E-state index >= 15 is 0 Å². The Balaban J connectivity index is 1.32. The summed E-state index contributed by atoms with van der Waals surface area (Å²) >= 11 is 0. The van der Waals surface area contributed by atoms with Gasteiger partial charge >= 0.3 is 0 Å². The summed E-state index contributed by atoms with van der Waals surface area (Å²) < 4.78 is 16.9. The summed E-state index contributed by atoms with van der Waals surface area (Å²) in [6.45, 7) is 18.0. The van der Waals surface area contributed by atoms with E-state index in [-0.39, 0.29) is 16.6 Å². The fourth-order valence-electron chi connectivity index (χ4n) is 11.9. The molecular formula is C36H49FN2. The zero-order valence-corrected chi connectivity index (χ0v) is 25.4. The molecule has 0 aliphatic heterocycles. The summed E-state index contributed by atoms with van der Waals surface area (Å²) in [7, 11) is 0. The summed E-state index contributed by atoms with van der Waals surface area (Å²) in [5, 5.41) is 4.84. The van der Waals surface area contributed by atoms with Gasteiger partial charge in [0.2, 0.25) is 0 Å². The van der Waals surface area contributed by atoms with Gasteiger partial charge in [-0.25, -0.2) is 9.07 Å². The second-order valence-corrected chi connectivity index (χ2v) is 15.8. The lowest BCUT2D eigenvalue weighted by atomic mass is 9.34. The van der Waals surface area contributed by atoms with Crippen molar-refractivity contribution < 1.29 is 4.39 Å². The Kier molecular flexibility index (Phi) is 5.55. The molecule has 0 N–H and O–H groups in total. The summed E-state index contributed by atoms with van der Waals surface area (Å²) in [5.74, 6) is 4.38. The SMILES string of the molecule is C[C@@H]1CC[C@H]2CC[C@]3(C)C(=CC[C@@H]4[C@@]5(C)Cc6cnn(-c7ccccc7F)c6C(C)(C)C5CC[C@]43C)C2[C@H]1C. The maximum atomic E-state index is 15.0. The molecule has 2 aromatic rings. The predicted octanol–water partition coefficient (Wildman–Crippen LogP) is 9.31. The number of para-hydroxylation sites is 1. The number of hydrogen-bond acceptors (Lipinski definition) is 1. The molecule has 1 heterocycles. The van der Waals surface area contributed by atoms with Gasteiger partial charge in [-0.1, -0.05) is 78.7 Å². The summed E-state index contributed by atoms with van der Waals surface area (Å²) in [5.41, 5.74) is 5.79. The topological polar surface area (TPSA) is 17.8 Å². The highest BCUT2D eigenvalue weighted by Crippen LogP contribution is 2.74. The van der Waals surface area contributed by atoms with E-state index in [0.29, 0.717) is 28.4 Å². The molecule has 5 aliphatic rings. The van der Waals surface area contributed by atoms with Crippen molar-refractivity contribution in [2.75, 3.05) is 0 Å². The second kappa shape index (κ2) is 8.32. The van der Waals surface area contributed by atoms with Gasteiger partial charge in [0.15, 0.2) is 0 Å². The Hall–Kier alpha value is -1.90. The molecule has 5 aliphatic carbocycles. The van der Waals surface area contributed by atoms with Gasteiger partial charge in [-0.05, 0) is 114 Å². The molecule has 0 spiro atoms. The van der Waals surface area contributed by atoms with Crippen LogP contribution < -0.4 is 0 Å². The first-order chi connectivity index (χ1) is 18.4. The maximum Gasteiger partial charge on any atom is 0.148 e. The van der Waals surface area contributed by atoms with Crippen molar-refractivity contribution in [2.45, 2.75) is 105 Å². The Morgan fingerprint density at radius 3 is 2.46 bits per heavy atom. The number of hydrogen-bond donors (Lipinski definition) is 0. The monoisotopic (exact) mass is 528 g/mol. The van der Waals surface area contributed by atoms with Crippen LogP contribution in [0.2, 0.25) is 0 Å². The highest BCUT2D eigenvalue weighted by Gasteiger charge is 2.67. The number of halogens is 1. The van der Waals surface area contributed by atoms with Crippen molar-refractivity contribution in [3.8, 4) is 5.69 Å². The third kappa shape index (κ3) is 3.22. The van der Waals surface area contributed by atoms with E-state index in [1.165, 1.54) is 56.2 Å². The summed E-state index contributed by atoms with van der Waals surface area (Å²) in [4.78, 5) is 0. The fraction of sp³-hybridized carbons (Fsp3) is 0.694. The lowest BCUT2D eigenvalue weighted by Gasteiger charge is -2.70. The van der Waals surface area contributed by atoms with Crippen LogP contribution in [0.5, 0.6) is 0 Å². The molecular weight excluding hydrogens is 479 g/mol. The molecule has 210 valence electrons. The molecule has 7 rings (SSSR count). The van der Waals surface area contributed by atoms with E-state index in [0.717, 1.165) is 30.1 Å². The fourth-order valence-corrected chi connectivity index (χ4v) is 11.9. The van der Waals surface area contributed by atoms with Crippen molar-refractivity contribution in [3.63, 3.8) is 0 Å². The largest absolute Gasteiger partial charge is 0.234 e. The maximum absolute atomic E-state index is 15.0. The van der Waals surface area contributed by atoms with Gasteiger partial charge in [0.1, 0.15) is 11.5 Å². The molecule has 0 amide bonds. The normalized spacial score (nSPS) is 44.3. The molecule has 1 aromatic heterocycles. The van der Waals surface area contributed by atoms with Crippen LogP contribution in [0.15, 0.2) is 42.1 Å². The zero-order valence-electron chi connectivity index (χ0n) is 25.4. The van der Waals surface area contributed by atoms with Gasteiger partial charge < -0.3 is 0 Å². The molecule has 3 saturated carbocycles. The molecule has 39 heavy (non-hydrogen) atoms. The molecule has 0 saturated heterocycles. The second-order valence-electron chi connectivity index (χ2n) is 15.8. The van der Waals surface area contributed by atoms with E-state index in [1.54, 1.807) is 12.1 Å². The van der Waals surface area contributed by atoms with Crippen LogP contribution in [0.3, 0.4) is 0 Å². The molecule has 9 atom stereocenters. The molecule has 0 bridgehead atoms. The number of benzene rings is 1. The minimum atomic E-state index is -0.191. The Morgan fingerprint density at radius 1 is 0.923 bits per heavy atom. The third-order valence-corrected chi connectivity index (χ3v) is 14.1. The summed E-state index contributed by atoms with van der Waals surface area (Å²) in [6.07, 6.45) is 15.3. The van der Waals surface area contributed by atoms with Crippen LogP contribution in [0.25, 0.3) is 5.69 Å². The molecule has 3 fully saturated rings. The molecule has 1 aromatic carbocycles. The van der Waals surface area contributed by atoms with E-state index in [9.17, 15) is 4.39 Å². The van der Waals surface area contributed by atoms with E-state index in [1.807, 2.05) is 22.4 Å². The van der Waals surface area contributed by atoms with Gasteiger partial charge in [-0.2, -0.15) is 5.10 Å². The minimum absolute atomic E-state index is 0.0711. The van der Waals surface area contributed by atoms with Crippen molar-refractivity contribution in [1.82, 2.24) is 9.78 Å².